The number of ether oxygens (including phenoxy) is 1. The highest BCUT2D eigenvalue weighted by Crippen LogP contribution is 2.29. The molecule has 1 N–H and O–H groups in total. The molecule has 0 fully saturated rings. The van der Waals surface area contributed by atoms with Gasteiger partial charge in [0.05, 0.1) is 12.2 Å². The molecule has 6 heteroatoms. The lowest BCUT2D eigenvalue weighted by atomic mass is 9.93. The number of esters is 1. The van der Waals surface area contributed by atoms with E-state index in [1.807, 2.05) is 66.7 Å². The maximum atomic E-state index is 13.0. The fourth-order valence-corrected chi connectivity index (χ4v) is 4.11. The Bertz CT molecular complexity index is 1500. The average Bonchev–Trinajstić information content (AvgIpc) is 2.89. The Balaban J connectivity index is 1.68. The molecule has 4 rings (SSSR count). The minimum atomic E-state index is -0.544. The molecule has 1 amide bonds. The van der Waals surface area contributed by atoms with Crippen LogP contribution in [0.3, 0.4) is 0 Å². The second kappa shape index (κ2) is 11.4. The molecular weight excluding hydrogens is 472 g/mol. The van der Waals surface area contributed by atoms with Crippen LogP contribution in [0, 0.1) is 11.3 Å². The summed E-state index contributed by atoms with van der Waals surface area (Å²) in [5.74, 6) is -0.979. The van der Waals surface area contributed by atoms with Crippen molar-refractivity contribution in [2.24, 2.45) is 0 Å². The lowest BCUT2D eigenvalue weighted by molar-refractivity contribution is -0.112. The fourth-order valence-electron chi connectivity index (χ4n) is 3.91. The van der Waals surface area contributed by atoms with Crippen LogP contribution in [0.1, 0.15) is 34.0 Å². The van der Waals surface area contributed by atoms with Crippen LogP contribution in [0.25, 0.3) is 16.8 Å². The molecule has 0 radical (unpaired) electrons. The molecule has 0 aliphatic carbocycles. The third-order valence-corrected chi connectivity index (χ3v) is 6.08. The minimum Gasteiger partial charge on any atom is -0.462 e. The van der Waals surface area contributed by atoms with Crippen molar-refractivity contribution in [3.8, 4) is 6.07 Å². The number of benzene rings is 4. The third kappa shape index (κ3) is 5.63. The molecule has 0 saturated carbocycles. The Labute approximate surface area is 214 Å². The molecular formula is C30H23ClN2O3. The number of carbonyl (C=O) groups is 2. The molecule has 0 bridgehead atoms. The van der Waals surface area contributed by atoms with Crippen LogP contribution in [0.15, 0.2) is 90.5 Å². The van der Waals surface area contributed by atoms with Crippen molar-refractivity contribution in [2.45, 2.75) is 13.3 Å². The highest BCUT2D eigenvalue weighted by atomic mass is 35.5. The van der Waals surface area contributed by atoms with Crippen LogP contribution in [0.4, 0.5) is 5.69 Å². The number of amides is 1. The normalized spacial score (nSPS) is 11.1. The van der Waals surface area contributed by atoms with Gasteiger partial charge < -0.3 is 10.1 Å². The summed E-state index contributed by atoms with van der Waals surface area (Å²) in [5.41, 5.74) is 3.49. The highest BCUT2D eigenvalue weighted by Gasteiger charge is 2.15. The number of fused-ring (bicyclic) bond motifs is 1. The summed E-state index contributed by atoms with van der Waals surface area (Å²) >= 11 is 6.41. The van der Waals surface area contributed by atoms with Gasteiger partial charge in [0.2, 0.25) is 0 Å². The van der Waals surface area contributed by atoms with Crippen molar-refractivity contribution < 1.29 is 14.3 Å². The standard InChI is InChI=1S/C30H23ClN2O3/c1-2-36-30(35)21-13-15-25(16-14-21)33-29(34)24(19-32)18-27-22(17-23-8-4-6-10-28(23)31)12-11-20-7-3-5-9-26(20)27/h3-16,18H,2,17H2,1H3,(H,33,34)/b24-18+. The van der Waals surface area contributed by atoms with Crippen molar-refractivity contribution in [3.63, 3.8) is 0 Å². The van der Waals surface area contributed by atoms with Crippen LogP contribution in [-0.4, -0.2) is 18.5 Å². The summed E-state index contributed by atoms with van der Waals surface area (Å²) in [4.78, 5) is 24.9. The van der Waals surface area contributed by atoms with E-state index in [0.717, 1.165) is 27.5 Å². The van der Waals surface area contributed by atoms with Crippen molar-refractivity contribution in [2.75, 3.05) is 11.9 Å². The van der Waals surface area contributed by atoms with Crippen molar-refractivity contribution in [1.82, 2.24) is 0 Å². The average molecular weight is 495 g/mol. The number of hydrogen-bond donors (Lipinski definition) is 1. The molecule has 0 atom stereocenters. The molecule has 4 aromatic rings. The maximum absolute atomic E-state index is 13.0. The Morgan fingerprint density at radius 1 is 0.944 bits per heavy atom. The molecule has 0 aromatic heterocycles. The first-order chi connectivity index (χ1) is 17.5. The Morgan fingerprint density at radius 3 is 2.39 bits per heavy atom. The second-order valence-electron chi connectivity index (χ2n) is 8.05. The first-order valence-electron chi connectivity index (χ1n) is 11.4. The van der Waals surface area contributed by atoms with Gasteiger partial charge in [-0.15, -0.1) is 0 Å². The van der Waals surface area contributed by atoms with E-state index in [2.05, 4.69) is 5.32 Å². The molecule has 0 unspecified atom stereocenters. The number of nitrogens with one attached hydrogen (secondary N) is 1. The zero-order valence-corrected chi connectivity index (χ0v) is 20.4. The zero-order chi connectivity index (χ0) is 25.5. The smallest absolute Gasteiger partial charge is 0.338 e. The Kier molecular flexibility index (Phi) is 7.79. The first-order valence-corrected chi connectivity index (χ1v) is 11.8. The predicted molar refractivity (Wildman–Crippen MR) is 143 cm³/mol. The summed E-state index contributed by atoms with van der Waals surface area (Å²) < 4.78 is 4.98. The van der Waals surface area contributed by atoms with E-state index in [4.69, 9.17) is 16.3 Å². The first kappa shape index (κ1) is 24.7. The molecule has 5 nitrogen and oxygen atoms in total. The quantitative estimate of drug-likeness (QED) is 0.174. The van der Waals surface area contributed by atoms with E-state index in [0.29, 0.717) is 22.7 Å². The fraction of sp³-hybridized carbons (Fsp3) is 0.100. The number of nitrogens with zero attached hydrogens (tertiary/aromatic N) is 1. The van der Waals surface area contributed by atoms with Gasteiger partial charge in [0, 0.05) is 10.7 Å². The van der Waals surface area contributed by atoms with Crippen molar-refractivity contribution >= 4 is 46.0 Å². The Hall–Kier alpha value is -4.40. The van der Waals surface area contributed by atoms with Crippen LogP contribution < -0.4 is 5.32 Å². The largest absolute Gasteiger partial charge is 0.462 e. The predicted octanol–water partition coefficient (Wildman–Crippen LogP) is 6.81. The number of nitriles is 1. The van der Waals surface area contributed by atoms with E-state index in [1.54, 1.807) is 37.3 Å². The molecule has 0 aliphatic rings. The van der Waals surface area contributed by atoms with E-state index in [1.165, 1.54) is 0 Å². The molecule has 178 valence electrons. The molecule has 0 aliphatic heterocycles. The van der Waals surface area contributed by atoms with Crippen LogP contribution in [0.5, 0.6) is 0 Å². The van der Waals surface area contributed by atoms with E-state index >= 15 is 0 Å². The van der Waals surface area contributed by atoms with E-state index in [9.17, 15) is 14.9 Å². The van der Waals surface area contributed by atoms with Crippen LogP contribution >= 0.6 is 11.6 Å². The number of hydrogen-bond acceptors (Lipinski definition) is 4. The van der Waals surface area contributed by atoms with Gasteiger partial charge >= 0.3 is 5.97 Å². The van der Waals surface area contributed by atoms with Crippen LogP contribution in [0.2, 0.25) is 5.02 Å². The number of carbonyl (C=O) groups excluding carboxylic acids is 2. The van der Waals surface area contributed by atoms with E-state index < -0.39 is 11.9 Å². The van der Waals surface area contributed by atoms with E-state index in [-0.39, 0.29) is 12.2 Å². The molecule has 0 heterocycles. The number of anilines is 1. The summed E-state index contributed by atoms with van der Waals surface area (Å²) in [6.07, 6.45) is 2.17. The summed E-state index contributed by atoms with van der Waals surface area (Å²) in [7, 11) is 0. The molecule has 0 saturated heterocycles. The van der Waals surface area contributed by atoms with Gasteiger partial charge in [-0.3, -0.25) is 4.79 Å². The number of rotatable bonds is 7. The summed E-state index contributed by atoms with van der Waals surface area (Å²) in [6.45, 7) is 2.01. The Morgan fingerprint density at radius 2 is 1.67 bits per heavy atom. The summed E-state index contributed by atoms with van der Waals surface area (Å²) in [6, 6.07) is 27.8. The van der Waals surface area contributed by atoms with Gasteiger partial charge in [-0.1, -0.05) is 66.2 Å². The topological polar surface area (TPSA) is 79.2 Å². The SMILES string of the molecule is CCOC(=O)c1ccc(NC(=O)/C(C#N)=C/c2c(Cc3ccccc3Cl)ccc3ccccc23)cc1. The van der Waals surface area contributed by atoms with Gasteiger partial charge in [-0.25, -0.2) is 4.79 Å². The lowest BCUT2D eigenvalue weighted by Crippen LogP contribution is -2.14. The van der Waals surface area contributed by atoms with Gasteiger partial charge in [0.25, 0.3) is 5.91 Å². The third-order valence-electron chi connectivity index (χ3n) is 5.71. The van der Waals surface area contributed by atoms with Gasteiger partial charge in [-0.05, 0) is 77.2 Å². The molecule has 36 heavy (non-hydrogen) atoms. The minimum absolute atomic E-state index is 0.0405. The maximum Gasteiger partial charge on any atom is 0.338 e. The van der Waals surface area contributed by atoms with Crippen molar-refractivity contribution in [1.29, 1.82) is 5.26 Å². The zero-order valence-electron chi connectivity index (χ0n) is 19.6. The monoisotopic (exact) mass is 494 g/mol. The van der Waals surface area contributed by atoms with Crippen LogP contribution in [-0.2, 0) is 16.0 Å². The van der Waals surface area contributed by atoms with Gasteiger partial charge in [-0.2, -0.15) is 5.26 Å². The molecule has 4 aromatic carbocycles. The molecule has 0 spiro atoms. The number of halogens is 1. The van der Waals surface area contributed by atoms with Crippen molar-refractivity contribution in [3.05, 3.63) is 118 Å². The van der Waals surface area contributed by atoms with Gasteiger partial charge in [0.1, 0.15) is 11.6 Å². The highest BCUT2D eigenvalue weighted by molar-refractivity contribution is 6.31. The lowest BCUT2D eigenvalue weighted by Gasteiger charge is -2.12. The summed E-state index contributed by atoms with van der Waals surface area (Å²) in [5, 5.41) is 15.2. The van der Waals surface area contributed by atoms with Gasteiger partial charge in [0.15, 0.2) is 0 Å². The second-order valence-corrected chi connectivity index (χ2v) is 8.46.